The van der Waals surface area contributed by atoms with Crippen LogP contribution in [0.25, 0.3) is 0 Å². The third-order valence-corrected chi connectivity index (χ3v) is 9.11. The minimum atomic E-state index is -0.893. The van der Waals surface area contributed by atoms with Crippen LogP contribution in [-0.2, 0) is 9.53 Å². The van der Waals surface area contributed by atoms with Gasteiger partial charge in [-0.05, 0) is 79.9 Å². The zero-order valence-corrected chi connectivity index (χ0v) is 27.9. The zero-order valence-electron chi connectivity index (χ0n) is 27.1. The molecule has 5 nitrogen and oxygen atoms in total. The second kappa shape index (κ2) is 19.0. The van der Waals surface area contributed by atoms with Gasteiger partial charge in [-0.2, -0.15) is 11.8 Å². The molecule has 1 amide bonds. The van der Waals surface area contributed by atoms with Crippen LogP contribution in [0.5, 0.6) is 0 Å². The predicted octanol–water partition coefficient (Wildman–Crippen LogP) is 8.22. The number of aliphatic hydroxyl groups is 1. The number of carbonyl (C=O) groups is 1. The molecule has 1 fully saturated rings. The van der Waals surface area contributed by atoms with Crippen molar-refractivity contribution in [2.75, 3.05) is 19.1 Å². The summed E-state index contributed by atoms with van der Waals surface area (Å²) >= 11 is 1.70. The Kier molecular flexibility index (Phi) is 17.4. The first-order valence-corrected chi connectivity index (χ1v) is 16.7. The highest BCUT2D eigenvalue weighted by molar-refractivity contribution is 7.98. The Labute approximate surface area is 250 Å². The molecule has 0 bridgehead atoms. The standard InChI is InChI=1S/C34H60N2O3S/c1-10-11-12-13-14-22-34(29(7)20-16-18-27(4)5)32(39-8)30(21-23-33(34,38)25-40-9)35-36-31(37)24-28(6)19-15-17-26(2)3/h17-20,30,32,35,38H,10-16,21-25H2,1-9H3,(H,36,37)/b28-19+,29-20+/t30?,32-,33+,34+/m1/s1. The average Bonchev–Trinajstić information content (AvgIpc) is 2.88. The van der Waals surface area contributed by atoms with E-state index in [1.807, 2.05) is 6.92 Å². The molecule has 0 aromatic rings. The van der Waals surface area contributed by atoms with Gasteiger partial charge in [-0.15, -0.1) is 0 Å². The van der Waals surface area contributed by atoms with Crippen LogP contribution < -0.4 is 10.9 Å². The van der Waals surface area contributed by atoms with Gasteiger partial charge in [0.05, 0.1) is 17.7 Å². The number of amides is 1. The number of nitrogens with one attached hydrogen (secondary N) is 2. The molecule has 0 aliphatic heterocycles. The monoisotopic (exact) mass is 576 g/mol. The first-order chi connectivity index (χ1) is 19.0. The lowest BCUT2D eigenvalue weighted by atomic mass is 9.55. The fraction of sp³-hybridized carbons (Fsp3) is 0.735. The van der Waals surface area contributed by atoms with Crippen LogP contribution in [0.3, 0.4) is 0 Å². The van der Waals surface area contributed by atoms with Crippen LogP contribution in [0.15, 0.2) is 46.6 Å². The van der Waals surface area contributed by atoms with E-state index in [1.165, 1.54) is 36.0 Å². The highest BCUT2D eigenvalue weighted by Gasteiger charge is 2.60. The fourth-order valence-corrected chi connectivity index (χ4v) is 7.07. The Bertz CT molecular complexity index is 886. The van der Waals surface area contributed by atoms with E-state index in [4.69, 9.17) is 4.74 Å². The minimum Gasteiger partial charge on any atom is -0.388 e. The second-order valence-corrected chi connectivity index (χ2v) is 13.1. The third-order valence-electron chi connectivity index (χ3n) is 8.34. The van der Waals surface area contributed by atoms with Crippen LogP contribution in [0.2, 0.25) is 0 Å². The molecule has 3 N–H and O–H groups in total. The van der Waals surface area contributed by atoms with Crippen molar-refractivity contribution >= 4 is 17.7 Å². The molecule has 4 atom stereocenters. The van der Waals surface area contributed by atoms with Gasteiger partial charge in [-0.25, -0.2) is 5.43 Å². The quantitative estimate of drug-likeness (QED) is 0.0871. The summed E-state index contributed by atoms with van der Waals surface area (Å²) < 4.78 is 6.32. The van der Waals surface area contributed by atoms with Gasteiger partial charge in [0.25, 0.3) is 0 Å². The van der Waals surface area contributed by atoms with Crippen molar-refractivity contribution in [2.45, 2.75) is 137 Å². The van der Waals surface area contributed by atoms with Crippen LogP contribution in [0.1, 0.15) is 119 Å². The molecule has 1 aliphatic carbocycles. The SMILES string of the molecule is CCCCCCC[C@]1(/C(C)=C/CC=C(C)C)[C@H](OC)C(NNC(=O)C/C(C)=C/CC=C(C)C)CC[C@]1(O)CSC. The molecule has 0 aromatic carbocycles. The normalized spacial score (nSPS) is 25.4. The summed E-state index contributed by atoms with van der Waals surface area (Å²) in [5.74, 6) is 0.608. The summed E-state index contributed by atoms with van der Waals surface area (Å²) in [6.45, 7) is 14.8. The van der Waals surface area contributed by atoms with E-state index in [0.717, 1.165) is 44.1 Å². The number of hydrogen-bond acceptors (Lipinski definition) is 5. The molecule has 1 saturated carbocycles. The lowest BCUT2D eigenvalue weighted by molar-refractivity contribution is -0.168. The molecule has 0 saturated heterocycles. The average molecular weight is 577 g/mol. The van der Waals surface area contributed by atoms with Crippen molar-refractivity contribution in [1.29, 1.82) is 0 Å². The van der Waals surface area contributed by atoms with E-state index in [9.17, 15) is 9.90 Å². The van der Waals surface area contributed by atoms with Crippen molar-refractivity contribution in [1.82, 2.24) is 10.9 Å². The van der Waals surface area contributed by atoms with Gasteiger partial charge in [0.2, 0.25) is 5.91 Å². The smallest absolute Gasteiger partial charge is 0.238 e. The Morgan fingerprint density at radius 2 is 1.60 bits per heavy atom. The van der Waals surface area contributed by atoms with Gasteiger partial charge in [0, 0.05) is 24.7 Å². The van der Waals surface area contributed by atoms with E-state index >= 15 is 0 Å². The molecule has 0 heterocycles. The van der Waals surface area contributed by atoms with Crippen molar-refractivity contribution in [3.8, 4) is 0 Å². The summed E-state index contributed by atoms with van der Waals surface area (Å²) in [7, 11) is 1.76. The van der Waals surface area contributed by atoms with E-state index in [-0.39, 0.29) is 18.1 Å². The molecular formula is C34H60N2O3S. The van der Waals surface area contributed by atoms with Gasteiger partial charge in [0.1, 0.15) is 0 Å². The van der Waals surface area contributed by atoms with Crippen LogP contribution in [0, 0.1) is 5.41 Å². The number of allylic oxidation sites excluding steroid dienone is 6. The Morgan fingerprint density at radius 1 is 0.975 bits per heavy atom. The Hall–Kier alpha value is -1.34. The zero-order chi connectivity index (χ0) is 30.2. The molecule has 230 valence electrons. The summed E-state index contributed by atoms with van der Waals surface area (Å²) in [6, 6.07) is -0.103. The number of hydrazine groups is 1. The van der Waals surface area contributed by atoms with Gasteiger partial charge in [0.15, 0.2) is 0 Å². The topological polar surface area (TPSA) is 70.6 Å². The van der Waals surface area contributed by atoms with Gasteiger partial charge >= 0.3 is 0 Å². The summed E-state index contributed by atoms with van der Waals surface area (Å²) in [6.07, 6.45) is 20.7. The van der Waals surface area contributed by atoms with E-state index < -0.39 is 11.0 Å². The molecule has 1 rings (SSSR count). The van der Waals surface area contributed by atoms with Crippen LogP contribution >= 0.6 is 11.8 Å². The number of methoxy groups -OCH3 is 1. The van der Waals surface area contributed by atoms with Crippen molar-refractivity contribution in [3.05, 3.63) is 46.6 Å². The molecule has 6 heteroatoms. The summed E-state index contributed by atoms with van der Waals surface area (Å²) in [5, 5.41) is 12.4. The number of hydrogen-bond donors (Lipinski definition) is 3. The third kappa shape index (κ3) is 11.2. The number of rotatable bonds is 18. The summed E-state index contributed by atoms with van der Waals surface area (Å²) in [5.41, 5.74) is 9.71. The molecule has 0 spiro atoms. The number of ether oxygens (including phenoxy) is 1. The molecule has 1 unspecified atom stereocenters. The van der Waals surface area contributed by atoms with Crippen molar-refractivity contribution in [3.63, 3.8) is 0 Å². The van der Waals surface area contributed by atoms with Crippen molar-refractivity contribution in [2.24, 2.45) is 5.41 Å². The lowest BCUT2D eigenvalue weighted by Crippen LogP contribution is -2.68. The lowest BCUT2D eigenvalue weighted by Gasteiger charge is -2.58. The molecule has 1 aliphatic rings. The number of unbranched alkanes of at least 4 members (excludes halogenated alkanes) is 4. The minimum absolute atomic E-state index is 0.0493. The van der Waals surface area contributed by atoms with E-state index in [2.05, 4.69) is 83.0 Å². The molecule has 40 heavy (non-hydrogen) atoms. The number of carbonyl (C=O) groups excluding carboxylic acids is 1. The van der Waals surface area contributed by atoms with Crippen molar-refractivity contribution < 1.29 is 14.6 Å². The highest BCUT2D eigenvalue weighted by atomic mass is 32.2. The van der Waals surface area contributed by atoms with Gasteiger partial charge in [-0.1, -0.05) is 85.6 Å². The van der Waals surface area contributed by atoms with Gasteiger partial charge in [-0.3, -0.25) is 10.2 Å². The van der Waals surface area contributed by atoms with E-state index in [0.29, 0.717) is 18.6 Å². The highest BCUT2D eigenvalue weighted by Crippen LogP contribution is 2.55. The Balaban J connectivity index is 3.30. The fourth-order valence-electron chi connectivity index (χ4n) is 6.19. The maximum absolute atomic E-state index is 12.8. The summed E-state index contributed by atoms with van der Waals surface area (Å²) in [4.78, 5) is 12.8. The van der Waals surface area contributed by atoms with Crippen LogP contribution in [0.4, 0.5) is 0 Å². The van der Waals surface area contributed by atoms with Crippen LogP contribution in [-0.4, -0.2) is 47.9 Å². The molecule has 0 radical (unpaired) electrons. The first kappa shape index (κ1) is 36.7. The predicted molar refractivity (Wildman–Crippen MR) is 174 cm³/mol. The number of thioether (sulfide) groups is 1. The molecule has 0 aromatic heterocycles. The maximum Gasteiger partial charge on any atom is 0.238 e. The van der Waals surface area contributed by atoms with E-state index in [1.54, 1.807) is 18.9 Å². The maximum atomic E-state index is 12.8. The Morgan fingerprint density at radius 3 is 2.17 bits per heavy atom. The van der Waals surface area contributed by atoms with Gasteiger partial charge < -0.3 is 9.84 Å². The molecular weight excluding hydrogens is 516 g/mol. The first-order valence-electron chi connectivity index (χ1n) is 15.4. The largest absolute Gasteiger partial charge is 0.388 e. The second-order valence-electron chi connectivity index (χ2n) is 12.2.